The Labute approximate surface area is 403 Å². The Kier molecular flexibility index (Phi) is 22.9. The lowest BCUT2D eigenvalue weighted by molar-refractivity contribution is -0.271. The molecular formula is C42H68N8O20. The van der Waals surface area contributed by atoms with Crippen LogP contribution in [0.4, 0.5) is 0 Å². The molecule has 28 heteroatoms. The molecule has 28 nitrogen and oxygen atoms in total. The van der Waals surface area contributed by atoms with Crippen molar-refractivity contribution in [1.82, 2.24) is 41.7 Å². The van der Waals surface area contributed by atoms with Crippen LogP contribution in [0.3, 0.4) is 0 Å². The van der Waals surface area contributed by atoms with Crippen molar-refractivity contribution in [3.05, 3.63) is 12.2 Å². The van der Waals surface area contributed by atoms with E-state index in [2.05, 4.69) is 36.8 Å². The second-order valence-corrected chi connectivity index (χ2v) is 17.1. The molecule has 6 rings (SSSR count). The number of hydrogen-bond donors (Lipinski definition) is 10. The fourth-order valence-electron chi connectivity index (χ4n) is 8.31. The zero-order valence-corrected chi connectivity index (χ0v) is 38.9. The molecule has 0 aromatic carbocycles. The number of fused-ring (bicyclic) bond motifs is 2. The Balaban J connectivity index is 0.754. The molecule has 0 saturated carbocycles. The molecule has 12 atom stereocenters. The maximum Gasteiger partial charge on any atom is 0.253 e. The lowest BCUT2D eigenvalue weighted by Crippen LogP contribution is -2.68. The van der Waals surface area contributed by atoms with Crippen LogP contribution in [0.15, 0.2) is 12.2 Å². The van der Waals surface area contributed by atoms with Gasteiger partial charge in [0.2, 0.25) is 23.6 Å². The summed E-state index contributed by atoms with van der Waals surface area (Å²) in [6, 6.07) is -1.73. The first-order valence-corrected chi connectivity index (χ1v) is 23.5. The van der Waals surface area contributed by atoms with Gasteiger partial charge in [0, 0.05) is 76.6 Å². The fraction of sp³-hybridized carbons (Fsp3) is 0.810. The van der Waals surface area contributed by atoms with E-state index >= 15 is 0 Å². The van der Waals surface area contributed by atoms with Crippen LogP contribution >= 0.6 is 0 Å². The van der Waals surface area contributed by atoms with Crippen LogP contribution in [0.1, 0.15) is 0 Å². The highest BCUT2D eigenvalue weighted by atomic mass is 16.7. The number of likely N-dealkylation sites (tertiary alicyclic amines) is 1. The van der Waals surface area contributed by atoms with Gasteiger partial charge in [-0.15, -0.1) is 0 Å². The van der Waals surface area contributed by atoms with Gasteiger partial charge in [0.15, 0.2) is 12.6 Å². The zero-order valence-electron chi connectivity index (χ0n) is 38.9. The van der Waals surface area contributed by atoms with E-state index in [1.54, 1.807) is 0 Å². The molecule has 0 bridgehead atoms. The van der Waals surface area contributed by atoms with Crippen LogP contribution in [-0.2, 0) is 76.1 Å². The summed E-state index contributed by atoms with van der Waals surface area (Å²) in [5.41, 5.74) is 0. The third kappa shape index (κ3) is 17.1. The molecule has 0 aromatic heterocycles. The van der Waals surface area contributed by atoms with Crippen molar-refractivity contribution in [2.45, 2.75) is 73.4 Å². The van der Waals surface area contributed by atoms with Crippen LogP contribution < -0.4 is 31.9 Å². The van der Waals surface area contributed by atoms with Gasteiger partial charge in [0.1, 0.15) is 75.1 Å². The highest BCUT2D eigenvalue weighted by Crippen LogP contribution is 2.25. The average Bonchev–Trinajstić information content (AvgIpc) is 3.89. The standard InChI is InChI=1S/C42H68N8O20/c51-29(45-17-27-37(57)39(59)35-41(69-27)67-23-31(53)47-35)21-65-15-13-63-11-9-61-7-3-43-25-19-49(5-6-50-33(55)1-2-34(50)56)20-26(25)44-4-8-62-10-12-64-14-16-66-22-30(52)46-18-28-38(58)40(60)36-42(70-28)68-24-32(54)48-36/h1-2,25-28,35-44,57-60H,3-24H2,(H,45,51)(H,46,52)(H,47,53)(H,48,54)/t25?,26?,27-,28-,35+,36+,37+,38+,39-,40-,41-,42-/m1/s1. The third-order valence-corrected chi connectivity index (χ3v) is 12.0. The number of imide groups is 1. The summed E-state index contributed by atoms with van der Waals surface area (Å²) in [5.74, 6) is -2.41. The van der Waals surface area contributed by atoms with E-state index < -0.39 is 84.9 Å². The van der Waals surface area contributed by atoms with Gasteiger partial charge in [-0.25, -0.2) is 0 Å². The number of ether oxygens (including phenoxy) is 10. The largest absolute Gasteiger partial charge is 0.388 e. The number of aliphatic hydroxyl groups is 4. The van der Waals surface area contributed by atoms with Crippen molar-refractivity contribution < 1.29 is 96.6 Å². The highest BCUT2D eigenvalue weighted by molar-refractivity contribution is 6.12. The van der Waals surface area contributed by atoms with Gasteiger partial charge in [0.05, 0.1) is 66.1 Å². The van der Waals surface area contributed by atoms with Gasteiger partial charge in [-0.2, -0.15) is 0 Å². The molecule has 0 aliphatic carbocycles. The van der Waals surface area contributed by atoms with Crippen molar-refractivity contribution in [1.29, 1.82) is 0 Å². The minimum Gasteiger partial charge on any atom is -0.388 e. The Morgan fingerprint density at radius 3 is 1.40 bits per heavy atom. The number of nitrogens with one attached hydrogen (secondary N) is 6. The Morgan fingerprint density at radius 2 is 0.971 bits per heavy atom. The first-order chi connectivity index (χ1) is 33.9. The van der Waals surface area contributed by atoms with E-state index in [1.807, 2.05) is 0 Å². The highest BCUT2D eigenvalue weighted by Gasteiger charge is 2.49. The number of rotatable bonds is 31. The minimum atomic E-state index is -1.35. The molecular weight excluding hydrogens is 936 g/mol. The fourth-order valence-corrected chi connectivity index (χ4v) is 8.31. The van der Waals surface area contributed by atoms with E-state index in [-0.39, 0.29) is 96.4 Å². The van der Waals surface area contributed by atoms with Crippen molar-refractivity contribution in [2.75, 3.05) is 145 Å². The van der Waals surface area contributed by atoms with E-state index in [4.69, 9.17) is 47.4 Å². The maximum atomic E-state index is 12.2. The predicted molar refractivity (Wildman–Crippen MR) is 234 cm³/mol. The summed E-state index contributed by atoms with van der Waals surface area (Å²) >= 11 is 0. The topological polar surface area (TPSA) is 354 Å². The summed E-state index contributed by atoms with van der Waals surface area (Å²) < 4.78 is 55.0. The SMILES string of the molecule is O=C(COCCOCCOCCNC1CN(CCN2C(=O)C=CC2=O)CC1NCCOCCOCCOCC(=O)NC[C@H]1O[C@H]2OCC(=O)N[C@H]2[C@@H](O)[C@H]1O)NC[C@H]1O[C@H]2OCC(=O)N[C@H]2[C@@H](O)[C@H]1O. The molecule has 6 aliphatic rings. The summed E-state index contributed by atoms with van der Waals surface area (Å²) in [5, 5.41) is 58.7. The number of carbonyl (C=O) groups excluding carboxylic acids is 6. The molecule has 0 spiro atoms. The quantitative estimate of drug-likeness (QED) is 0.0228. The Bertz CT molecular complexity index is 1620. The van der Waals surface area contributed by atoms with Gasteiger partial charge in [-0.1, -0.05) is 0 Å². The van der Waals surface area contributed by atoms with Crippen molar-refractivity contribution >= 4 is 35.4 Å². The Hall–Kier alpha value is -3.92. The number of amides is 6. The molecule has 396 valence electrons. The van der Waals surface area contributed by atoms with Gasteiger partial charge < -0.3 is 99.7 Å². The molecule has 5 saturated heterocycles. The van der Waals surface area contributed by atoms with E-state index in [0.29, 0.717) is 72.4 Å². The molecule has 6 aliphatic heterocycles. The van der Waals surface area contributed by atoms with Gasteiger partial charge >= 0.3 is 0 Å². The van der Waals surface area contributed by atoms with Crippen LogP contribution in [0.5, 0.6) is 0 Å². The summed E-state index contributed by atoms with van der Waals surface area (Å²) in [6.45, 7) is 4.95. The smallest absolute Gasteiger partial charge is 0.253 e. The lowest BCUT2D eigenvalue weighted by Gasteiger charge is -2.44. The van der Waals surface area contributed by atoms with E-state index in [9.17, 15) is 49.2 Å². The summed E-state index contributed by atoms with van der Waals surface area (Å²) in [7, 11) is 0. The van der Waals surface area contributed by atoms with Gasteiger partial charge in [-0.05, 0) is 0 Å². The van der Waals surface area contributed by atoms with Crippen LogP contribution in [0.25, 0.3) is 0 Å². The molecule has 6 amide bonds. The maximum absolute atomic E-state index is 12.2. The van der Waals surface area contributed by atoms with Crippen LogP contribution in [0.2, 0.25) is 0 Å². The van der Waals surface area contributed by atoms with Crippen molar-refractivity contribution in [3.63, 3.8) is 0 Å². The van der Waals surface area contributed by atoms with E-state index in [0.717, 1.165) is 0 Å². The minimum absolute atomic E-state index is 0.0432. The monoisotopic (exact) mass is 1000 g/mol. The summed E-state index contributed by atoms with van der Waals surface area (Å²) in [4.78, 5) is 75.1. The number of carbonyl (C=O) groups is 6. The van der Waals surface area contributed by atoms with Crippen LogP contribution in [-0.4, -0.2) is 284 Å². The molecule has 70 heavy (non-hydrogen) atoms. The number of hydrogen-bond acceptors (Lipinski definition) is 23. The summed E-state index contributed by atoms with van der Waals surface area (Å²) in [6.07, 6.45) is -6.61. The van der Waals surface area contributed by atoms with Crippen molar-refractivity contribution in [3.8, 4) is 0 Å². The number of morpholine rings is 2. The zero-order chi connectivity index (χ0) is 49.8. The van der Waals surface area contributed by atoms with E-state index in [1.165, 1.54) is 17.1 Å². The lowest BCUT2D eigenvalue weighted by atomic mass is 9.96. The average molecular weight is 1010 g/mol. The normalized spacial score (nSPS) is 31.1. The van der Waals surface area contributed by atoms with Crippen molar-refractivity contribution in [2.24, 2.45) is 0 Å². The molecule has 0 radical (unpaired) electrons. The van der Waals surface area contributed by atoms with Gasteiger partial charge in [-0.3, -0.25) is 38.6 Å². The Morgan fingerprint density at radius 1 is 0.571 bits per heavy atom. The molecule has 10 N–H and O–H groups in total. The van der Waals surface area contributed by atoms with Crippen LogP contribution in [0, 0.1) is 0 Å². The second-order valence-electron chi connectivity index (χ2n) is 17.1. The first-order valence-electron chi connectivity index (χ1n) is 23.5. The third-order valence-electron chi connectivity index (χ3n) is 12.0. The second kappa shape index (κ2) is 28.9. The molecule has 2 unspecified atom stereocenters. The van der Waals surface area contributed by atoms with Gasteiger partial charge in [0.25, 0.3) is 11.8 Å². The molecule has 0 aromatic rings. The molecule has 5 fully saturated rings. The first kappa shape index (κ1) is 55.4. The number of aliphatic hydroxyl groups excluding tert-OH is 4. The predicted octanol–water partition coefficient (Wildman–Crippen LogP) is -8.60. The number of nitrogens with zero attached hydrogens (tertiary/aromatic N) is 2. The molecule has 6 heterocycles.